The van der Waals surface area contributed by atoms with Crippen LogP contribution >= 0.6 is 23.1 Å². The number of esters is 1. The minimum Gasteiger partial charge on any atom is -0.543 e. The van der Waals surface area contributed by atoms with Crippen molar-refractivity contribution in [3.8, 4) is 0 Å². The number of aromatic nitrogens is 2. The molecule has 1 fully saturated rings. The first-order chi connectivity index (χ1) is 19.8. The standard InChI is InChI=1S/C26H24N6O7S2/c1-2-38-19(33)12-39-30-20(16-4-3-5-18(27)28-16)23(34)29-21-24(35)32-22(26(36)37)15(13-41-25(21)32)10-31-8-6-14-7-9-40-17(14)11-31/h3-9,11,21,25H,2,10,12-13H2,1H3,(H3-,27,28,29,34,36,37)/t21?,25-/m1/s1. The van der Waals surface area contributed by atoms with E-state index in [1.165, 1.54) is 23.9 Å². The molecule has 5 rings (SSSR count). The van der Waals surface area contributed by atoms with E-state index in [1.807, 2.05) is 34.5 Å². The highest BCUT2D eigenvalue weighted by atomic mass is 32.2. The van der Waals surface area contributed by atoms with E-state index in [2.05, 4.69) is 15.5 Å². The van der Waals surface area contributed by atoms with E-state index in [0.717, 1.165) is 15.0 Å². The van der Waals surface area contributed by atoms with Crippen LogP contribution in [0.25, 0.3) is 10.1 Å². The van der Waals surface area contributed by atoms with Gasteiger partial charge in [0, 0.05) is 22.8 Å². The number of carboxylic acids is 1. The molecule has 2 amide bonds. The van der Waals surface area contributed by atoms with Crippen LogP contribution in [0.1, 0.15) is 12.6 Å². The Hall–Kier alpha value is -4.50. The zero-order valence-corrected chi connectivity index (χ0v) is 23.3. The molecule has 1 saturated heterocycles. The van der Waals surface area contributed by atoms with E-state index in [1.54, 1.807) is 24.3 Å². The summed E-state index contributed by atoms with van der Waals surface area (Å²) in [5.74, 6) is -3.19. The van der Waals surface area contributed by atoms with E-state index < -0.39 is 41.8 Å². The SMILES string of the molecule is CCOC(=O)CON=C(C(=O)NC1C(=O)N2C(C(=O)[O-])=C(C[n+]3ccc4ccsc4c3)CS[C@H]12)c1cccc(N)n1. The molecule has 0 saturated carbocycles. The summed E-state index contributed by atoms with van der Waals surface area (Å²) in [7, 11) is 0. The number of nitrogens with zero attached hydrogens (tertiary/aromatic N) is 4. The molecule has 0 aromatic carbocycles. The number of pyridine rings is 2. The third kappa shape index (κ3) is 5.85. The number of nitrogen functional groups attached to an aromatic ring is 1. The minimum atomic E-state index is -1.47. The lowest BCUT2D eigenvalue weighted by Gasteiger charge is -2.50. The predicted molar refractivity (Wildman–Crippen MR) is 147 cm³/mol. The van der Waals surface area contributed by atoms with Crippen LogP contribution in [-0.4, -0.2) is 69.7 Å². The minimum absolute atomic E-state index is 0.0450. The van der Waals surface area contributed by atoms with Gasteiger partial charge in [-0.2, -0.15) is 4.57 Å². The molecule has 3 aromatic heterocycles. The van der Waals surface area contributed by atoms with Crippen LogP contribution in [0.3, 0.4) is 0 Å². The smallest absolute Gasteiger partial charge is 0.347 e. The third-order valence-corrected chi connectivity index (χ3v) is 8.44. The number of nitrogens with one attached hydrogen (secondary N) is 1. The number of carbonyl (C=O) groups excluding carboxylic acids is 4. The zero-order chi connectivity index (χ0) is 29.1. The fraction of sp³-hybridized carbons (Fsp3) is 0.269. The van der Waals surface area contributed by atoms with Crippen molar-refractivity contribution >= 4 is 68.5 Å². The summed E-state index contributed by atoms with van der Waals surface area (Å²) in [5, 5.41) is 20.9. The van der Waals surface area contributed by atoms with Crippen LogP contribution in [0.4, 0.5) is 5.82 Å². The van der Waals surface area contributed by atoms with Crippen molar-refractivity contribution in [3.05, 3.63) is 65.1 Å². The number of thiophene rings is 1. The molecule has 41 heavy (non-hydrogen) atoms. The number of hydrogen-bond donors (Lipinski definition) is 2. The van der Waals surface area contributed by atoms with Crippen molar-refractivity contribution in [2.75, 3.05) is 24.7 Å². The van der Waals surface area contributed by atoms with Gasteiger partial charge in [-0.3, -0.25) is 14.5 Å². The number of carboxylic acid groups (broad SMARTS) is 1. The number of anilines is 1. The molecule has 13 nitrogen and oxygen atoms in total. The summed E-state index contributed by atoms with van der Waals surface area (Å²) in [5.41, 5.74) is 5.78. The molecule has 0 spiro atoms. The normalized spacial score (nSPS) is 18.5. The number of carbonyl (C=O) groups is 4. The molecule has 0 aliphatic carbocycles. The quantitative estimate of drug-likeness (QED) is 0.102. The molecule has 2 aliphatic rings. The number of thioether (sulfide) groups is 1. The summed E-state index contributed by atoms with van der Waals surface area (Å²) in [4.78, 5) is 60.4. The fourth-order valence-electron chi connectivity index (χ4n) is 4.40. The van der Waals surface area contributed by atoms with Gasteiger partial charge in [-0.05, 0) is 30.5 Å². The van der Waals surface area contributed by atoms with Crippen LogP contribution < -0.4 is 20.7 Å². The number of aliphatic carboxylic acids is 1. The van der Waals surface area contributed by atoms with Crippen LogP contribution in [0.15, 0.2) is 64.5 Å². The van der Waals surface area contributed by atoms with Crippen molar-refractivity contribution in [1.29, 1.82) is 0 Å². The molecule has 2 aliphatic heterocycles. The lowest BCUT2D eigenvalue weighted by Crippen LogP contribution is -2.71. The van der Waals surface area contributed by atoms with Crippen molar-refractivity contribution in [2.24, 2.45) is 5.16 Å². The first-order valence-electron chi connectivity index (χ1n) is 12.4. The van der Waals surface area contributed by atoms with Gasteiger partial charge in [-0.15, -0.1) is 23.1 Å². The number of β-lactam (4-membered cyclic amide) rings is 1. The van der Waals surface area contributed by atoms with Crippen molar-refractivity contribution in [3.63, 3.8) is 0 Å². The Morgan fingerprint density at radius 2 is 2.12 bits per heavy atom. The van der Waals surface area contributed by atoms with Gasteiger partial charge in [-0.1, -0.05) is 11.2 Å². The van der Waals surface area contributed by atoms with Crippen LogP contribution in [0, 0.1) is 0 Å². The molecular weight excluding hydrogens is 572 g/mol. The maximum atomic E-state index is 13.2. The summed E-state index contributed by atoms with van der Waals surface area (Å²) in [6.07, 6.45) is 3.77. The first-order valence-corrected chi connectivity index (χ1v) is 14.3. The van der Waals surface area contributed by atoms with E-state index in [4.69, 9.17) is 15.3 Å². The van der Waals surface area contributed by atoms with Crippen LogP contribution in [-0.2, 0) is 35.3 Å². The predicted octanol–water partition coefficient (Wildman–Crippen LogP) is -0.446. The number of rotatable bonds is 10. The Balaban J connectivity index is 1.34. The van der Waals surface area contributed by atoms with Crippen LogP contribution in [0.2, 0.25) is 0 Å². The third-order valence-electron chi connectivity index (χ3n) is 6.23. The molecule has 212 valence electrons. The number of nitrogens with two attached hydrogens (primary N) is 1. The molecular formula is C26H24N6O7S2. The van der Waals surface area contributed by atoms with Crippen molar-refractivity contribution < 1.29 is 38.4 Å². The Morgan fingerprint density at radius 1 is 1.29 bits per heavy atom. The molecule has 0 radical (unpaired) electrons. The average Bonchev–Trinajstić information content (AvgIpc) is 3.41. The van der Waals surface area contributed by atoms with Crippen molar-refractivity contribution in [1.82, 2.24) is 15.2 Å². The van der Waals surface area contributed by atoms with Gasteiger partial charge in [0.2, 0.25) is 6.61 Å². The number of amides is 2. The molecule has 5 heterocycles. The summed E-state index contributed by atoms with van der Waals surface area (Å²) in [6.45, 7) is 1.47. The average molecular weight is 597 g/mol. The second kappa shape index (κ2) is 11.9. The second-order valence-corrected chi connectivity index (χ2v) is 11.0. The van der Waals surface area contributed by atoms with Crippen molar-refractivity contribution in [2.45, 2.75) is 24.9 Å². The highest BCUT2D eigenvalue weighted by Gasteiger charge is 2.53. The van der Waals surface area contributed by atoms with Gasteiger partial charge >= 0.3 is 5.97 Å². The lowest BCUT2D eigenvalue weighted by molar-refractivity contribution is -0.687. The van der Waals surface area contributed by atoms with E-state index in [9.17, 15) is 24.3 Å². The van der Waals surface area contributed by atoms with E-state index in [0.29, 0.717) is 11.3 Å². The zero-order valence-electron chi connectivity index (χ0n) is 21.6. The first kappa shape index (κ1) is 28.0. The van der Waals surface area contributed by atoms with Gasteiger partial charge in [0.15, 0.2) is 24.7 Å². The summed E-state index contributed by atoms with van der Waals surface area (Å²) < 4.78 is 7.69. The fourth-order valence-corrected chi connectivity index (χ4v) is 6.57. The molecule has 0 bridgehead atoms. The number of oxime groups is 1. The van der Waals surface area contributed by atoms with Crippen LogP contribution in [0.5, 0.6) is 0 Å². The Kier molecular flexibility index (Phi) is 8.16. The number of ether oxygens (including phenoxy) is 1. The maximum absolute atomic E-state index is 13.2. The van der Waals surface area contributed by atoms with Gasteiger partial charge in [0.25, 0.3) is 11.8 Å². The molecule has 3 aromatic rings. The molecule has 1 unspecified atom stereocenters. The highest BCUT2D eigenvalue weighted by molar-refractivity contribution is 8.00. The largest absolute Gasteiger partial charge is 0.543 e. The molecule has 2 atom stereocenters. The Morgan fingerprint density at radius 3 is 2.88 bits per heavy atom. The second-order valence-electron chi connectivity index (χ2n) is 8.92. The molecule has 15 heteroatoms. The Labute approximate surface area is 241 Å². The number of hydrogen-bond acceptors (Lipinski definition) is 12. The van der Waals surface area contributed by atoms with E-state index in [-0.39, 0.29) is 36.1 Å². The summed E-state index contributed by atoms with van der Waals surface area (Å²) in [6, 6.07) is 7.40. The topological polar surface area (TPSA) is 180 Å². The van der Waals surface area contributed by atoms with E-state index >= 15 is 0 Å². The van der Waals surface area contributed by atoms with Gasteiger partial charge in [0.05, 0.1) is 23.0 Å². The maximum Gasteiger partial charge on any atom is 0.347 e. The van der Waals surface area contributed by atoms with Gasteiger partial charge in [-0.25, -0.2) is 9.78 Å². The van der Waals surface area contributed by atoms with Gasteiger partial charge < -0.3 is 30.5 Å². The monoisotopic (exact) mass is 596 g/mol. The van der Waals surface area contributed by atoms with Gasteiger partial charge in [0.1, 0.15) is 22.9 Å². The Bertz CT molecular complexity index is 1600. The molecule has 3 N–H and O–H groups in total. The lowest BCUT2D eigenvalue weighted by atomic mass is 10.0. The summed E-state index contributed by atoms with van der Waals surface area (Å²) >= 11 is 2.89. The number of fused-ring (bicyclic) bond motifs is 2. The highest BCUT2D eigenvalue weighted by Crippen LogP contribution is 2.40.